The number of fused-ring (bicyclic) bond motifs is 1. The summed E-state index contributed by atoms with van der Waals surface area (Å²) in [5, 5.41) is 10.0. The summed E-state index contributed by atoms with van der Waals surface area (Å²) in [6, 6.07) is 6.12. The Morgan fingerprint density at radius 3 is 2.62 bits per heavy atom. The number of nitrogens with zero attached hydrogens (tertiary/aromatic N) is 1. The molecule has 4 rings (SSSR count). The first kappa shape index (κ1) is 27.3. The van der Waals surface area contributed by atoms with Crippen molar-refractivity contribution in [2.75, 3.05) is 13.2 Å². The number of carbonyl (C=O) groups excluding carboxylic acids is 1. The Bertz CT molecular complexity index is 1390. The number of benzene rings is 1. The summed E-state index contributed by atoms with van der Waals surface area (Å²) < 4.78 is 12.3. The number of ether oxygens (including phenoxy) is 2. The Balaban J connectivity index is 1.68. The average Bonchev–Trinajstić information content (AvgIpc) is 3.23. The minimum atomic E-state index is -1.19. The van der Waals surface area contributed by atoms with Crippen LogP contribution in [0.3, 0.4) is 0 Å². The smallest absolute Gasteiger partial charge is 0.410 e. The lowest BCUT2D eigenvalue weighted by molar-refractivity contribution is 0.00744. The number of likely N-dealkylation sites (tertiary alicyclic amines) is 1. The molecule has 2 N–H and O–H groups in total. The van der Waals surface area contributed by atoms with Gasteiger partial charge in [0.25, 0.3) is 5.56 Å². The van der Waals surface area contributed by atoms with Crippen molar-refractivity contribution >= 4 is 57.5 Å². The lowest BCUT2D eigenvalue weighted by atomic mass is 10.00. The van der Waals surface area contributed by atoms with Crippen molar-refractivity contribution in [3.05, 3.63) is 49.5 Å². The molecule has 3 aromatic rings. The van der Waals surface area contributed by atoms with E-state index >= 15 is 0 Å². The van der Waals surface area contributed by atoms with E-state index in [0.29, 0.717) is 33.1 Å². The Labute approximate surface area is 228 Å². The van der Waals surface area contributed by atoms with Gasteiger partial charge < -0.3 is 24.5 Å². The first-order valence-corrected chi connectivity index (χ1v) is 13.5. The number of pyridine rings is 1. The number of hydrogen-bond donors (Lipinski definition) is 2. The fraction of sp³-hybridized carbons (Fsp3) is 0.423. The number of carboxylic acids is 1. The van der Waals surface area contributed by atoms with Crippen LogP contribution < -0.4 is 10.3 Å². The lowest BCUT2D eigenvalue weighted by Gasteiger charge is -2.36. The van der Waals surface area contributed by atoms with Crippen LogP contribution in [0.2, 0.25) is 9.36 Å². The molecule has 1 unspecified atom stereocenters. The third-order valence-electron chi connectivity index (χ3n) is 6.06. The highest BCUT2D eigenvalue weighted by Crippen LogP contribution is 2.39. The second kappa shape index (κ2) is 10.9. The van der Waals surface area contributed by atoms with Gasteiger partial charge in [-0.15, -0.1) is 11.3 Å². The predicted molar refractivity (Wildman–Crippen MR) is 146 cm³/mol. The largest absolute Gasteiger partial charge is 0.492 e. The molecule has 1 fully saturated rings. The van der Waals surface area contributed by atoms with Gasteiger partial charge in [0.1, 0.15) is 11.4 Å². The normalized spacial score (nSPS) is 16.1. The minimum Gasteiger partial charge on any atom is -0.492 e. The number of H-pyrrole nitrogens is 1. The van der Waals surface area contributed by atoms with Gasteiger partial charge in [-0.25, -0.2) is 9.59 Å². The highest BCUT2D eigenvalue weighted by Gasteiger charge is 2.30. The highest BCUT2D eigenvalue weighted by molar-refractivity contribution is 7.19. The number of nitrogens with one attached hydrogen (secondary N) is 1. The van der Waals surface area contributed by atoms with E-state index in [1.165, 1.54) is 23.5 Å². The molecule has 0 aliphatic carbocycles. The first-order chi connectivity index (χ1) is 17.4. The lowest BCUT2D eigenvalue weighted by Crippen LogP contribution is -2.46. The van der Waals surface area contributed by atoms with E-state index in [4.69, 9.17) is 32.7 Å². The SMILES string of the molecule is CC(C)(C)OC(=O)N1CCCCC1CCOc1c(-c2ccc(Cl)s2)c(=O)[nH]c2cc(Cl)c(C(=O)O)cc12. The van der Waals surface area contributed by atoms with Crippen molar-refractivity contribution in [3.63, 3.8) is 0 Å². The van der Waals surface area contributed by atoms with E-state index in [-0.39, 0.29) is 40.6 Å². The fourth-order valence-electron chi connectivity index (χ4n) is 4.43. The zero-order valence-electron chi connectivity index (χ0n) is 20.7. The molecular weight excluding hydrogens is 539 g/mol. The number of amides is 1. The molecule has 1 aromatic carbocycles. The number of aromatic nitrogens is 1. The van der Waals surface area contributed by atoms with Crippen LogP contribution in [0.5, 0.6) is 5.75 Å². The summed E-state index contributed by atoms with van der Waals surface area (Å²) in [7, 11) is 0. The molecule has 0 radical (unpaired) electrons. The number of thiophene rings is 1. The molecule has 198 valence electrons. The summed E-state index contributed by atoms with van der Waals surface area (Å²) in [5.74, 6) is -0.948. The summed E-state index contributed by atoms with van der Waals surface area (Å²) >= 11 is 13.5. The summed E-state index contributed by atoms with van der Waals surface area (Å²) in [6.45, 7) is 6.30. The van der Waals surface area contributed by atoms with Gasteiger partial charge in [-0.2, -0.15) is 0 Å². The van der Waals surface area contributed by atoms with E-state index in [1.807, 2.05) is 20.8 Å². The van der Waals surface area contributed by atoms with Crippen LogP contribution in [0, 0.1) is 0 Å². The number of carboxylic acid groups (broad SMARTS) is 1. The standard InChI is InChI=1S/C26H28Cl2N2O6S/c1-26(2,3)36-25(34)30-10-5-4-6-14(30)9-11-35-22-16-12-15(24(32)33)17(27)13-18(16)29-23(31)21(22)19-7-8-20(28)37-19/h7-8,12-14H,4-6,9-11H2,1-3H3,(H,29,31)(H,32,33). The number of rotatable bonds is 6. The molecule has 2 aromatic heterocycles. The fourth-order valence-corrected chi connectivity index (χ4v) is 5.76. The number of hydrogen-bond acceptors (Lipinski definition) is 6. The van der Waals surface area contributed by atoms with Gasteiger partial charge >= 0.3 is 12.1 Å². The maximum Gasteiger partial charge on any atom is 0.410 e. The summed E-state index contributed by atoms with van der Waals surface area (Å²) in [6.07, 6.45) is 2.85. The van der Waals surface area contributed by atoms with Crippen molar-refractivity contribution in [2.45, 2.75) is 58.1 Å². The van der Waals surface area contributed by atoms with Crippen LogP contribution in [0.1, 0.15) is 56.8 Å². The van der Waals surface area contributed by atoms with Crippen molar-refractivity contribution in [1.82, 2.24) is 9.88 Å². The van der Waals surface area contributed by atoms with Crippen molar-refractivity contribution < 1.29 is 24.2 Å². The molecular formula is C26H28Cl2N2O6S. The Morgan fingerprint density at radius 1 is 1.22 bits per heavy atom. The Hall–Kier alpha value is -2.75. The van der Waals surface area contributed by atoms with Gasteiger partial charge in [0.2, 0.25) is 0 Å². The van der Waals surface area contributed by atoms with Crippen LogP contribution in [0.25, 0.3) is 21.3 Å². The van der Waals surface area contributed by atoms with Crippen LogP contribution in [-0.4, -0.2) is 51.8 Å². The zero-order valence-corrected chi connectivity index (χ0v) is 23.1. The van der Waals surface area contributed by atoms with E-state index in [1.54, 1.807) is 17.0 Å². The molecule has 8 nitrogen and oxygen atoms in total. The van der Waals surface area contributed by atoms with E-state index in [0.717, 1.165) is 19.3 Å². The van der Waals surface area contributed by atoms with Gasteiger partial charge in [0.15, 0.2) is 0 Å². The zero-order chi connectivity index (χ0) is 26.9. The molecule has 1 amide bonds. The maximum atomic E-state index is 13.1. The molecule has 0 saturated carbocycles. The van der Waals surface area contributed by atoms with Crippen LogP contribution in [-0.2, 0) is 4.74 Å². The van der Waals surface area contributed by atoms with Gasteiger partial charge in [-0.1, -0.05) is 23.2 Å². The van der Waals surface area contributed by atoms with Gasteiger partial charge in [0.05, 0.1) is 32.6 Å². The molecule has 11 heteroatoms. The summed E-state index contributed by atoms with van der Waals surface area (Å²) in [5.41, 5.74) is -0.498. The highest BCUT2D eigenvalue weighted by atomic mass is 35.5. The topological polar surface area (TPSA) is 109 Å². The van der Waals surface area contributed by atoms with E-state index < -0.39 is 17.1 Å². The Kier molecular flexibility index (Phi) is 8.06. The van der Waals surface area contributed by atoms with Crippen molar-refractivity contribution in [2.24, 2.45) is 0 Å². The second-order valence-corrected chi connectivity index (χ2v) is 12.0. The van der Waals surface area contributed by atoms with E-state index in [2.05, 4.69) is 4.98 Å². The Morgan fingerprint density at radius 2 is 1.97 bits per heavy atom. The van der Waals surface area contributed by atoms with Crippen molar-refractivity contribution in [1.29, 1.82) is 0 Å². The number of piperidine rings is 1. The third kappa shape index (κ3) is 6.22. The van der Waals surface area contributed by atoms with Gasteiger partial charge in [0, 0.05) is 29.3 Å². The molecule has 1 aliphatic heterocycles. The quantitative estimate of drug-likeness (QED) is 0.338. The first-order valence-electron chi connectivity index (χ1n) is 12.0. The monoisotopic (exact) mass is 566 g/mol. The second-order valence-electron chi connectivity index (χ2n) is 9.91. The average molecular weight is 567 g/mol. The molecule has 37 heavy (non-hydrogen) atoms. The predicted octanol–water partition coefficient (Wildman–Crippen LogP) is 6.82. The number of aromatic amines is 1. The molecule has 1 atom stereocenters. The maximum absolute atomic E-state index is 13.1. The van der Waals surface area contributed by atoms with Gasteiger partial charge in [-0.05, 0) is 64.3 Å². The molecule has 0 spiro atoms. The van der Waals surface area contributed by atoms with Crippen LogP contribution in [0.4, 0.5) is 4.79 Å². The molecule has 0 bridgehead atoms. The minimum absolute atomic E-state index is 0.00345. The molecule has 3 heterocycles. The number of aromatic carboxylic acids is 1. The molecule has 1 saturated heterocycles. The third-order valence-corrected chi connectivity index (χ3v) is 7.62. The van der Waals surface area contributed by atoms with Crippen molar-refractivity contribution in [3.8, 4) is 16.2 Å². The van der Waals surface area contributed by atoms with Crippen LogP contribution in [0.15, 0.2) is 29.1 Å². The summed E-state index contributed by atoms with van der Waals surface area (Å²) in [4.78, 5) is 42.8. The molecule has 1 aliphatic rings. The van der Waals surface area contributed by atoms with Gasteiger partial charge in [-0.3, -0.25) is 4.79 Å². The van der Waals surface area contributed by atoms with Crippen LogP contribution >= 0.6 is 34.5 Å². The number of carbonyl (C=O) groups is 2. The van der Waals surface area contributed by atoms with E-state index in [9.17, 15) is 19.5 Å². The number of halogens is 2.